The van der Waals surface area contributed by atoms with Crippen molar-refractivity contribution in [1.29, 1.82) is 0 Å². The summed E-state index contributed by atoms with van der Waals surface area (Å²) in [7, 11) is 0. The van der Waals surface area contributed by atoms with Gasteiger partial charge in [0.1, 0.15) is 0 Å². The summed E-state index contributed by atoms with van der Waals surface area (Å²) in [4.78, 5) is 2.46. The van der Waals surface area contributed by atoms with Crippen molar-refractivity contribution in [2.75, 3.05) is 17.4 Å². The van der Waals surface area contributed by atoms with E-state index in [1.807, 2.05) is 11.8 Å². The van der Waals surface area contributed by atoms with Gasteiger partial charge >= 0.3 is 0 Å². The van der Waals surface area contributed by atoms with E-state index in [1.54, 1.807) is 0 Å². The van der Waals surface area contributed by atoms with E-state index in [2.05, 4.69) is 42.1 Å². The van der Waals surface area contributed by atoms with Gasteiger partial charge in [-0.3, -0.25) is 0 Å². The van der Waals surface area contributed by atoms with Crippen molar-refractivity contribution >= 4 is 23.5 Å². The third kappa shape index (κ3) is 14.0. The predicted octanol–water partition coefficient (Wildman–Crippen LogP) is 8.07. The highest BCUT2D eigenvalue weighted by atomic mass is 32.2. The lowest BCUT2D eigenvalue weighted by atomic mass is 10.0. The van der Waals surface area contributed by atoms with Crippen LogP contribution in [0.3, 0.4) is 0 Å². The van der Waals surface area contributed by atoms with Crippen LogP contribution in [0.25, 0.3) is 0 Å². The first-order valence-electron chi connectivity index (χ1n) is 11.0. The van der Waals surface area contributed by atoms with Crippen LogP contribution in [0.5, 0.6) is 0 Å². The summed E-state index contributed by atoms with van der Waals surface area (Å²) >= 11 is 4.06. The molecule has 0 aromatic carbocycles. The molecule has 1 aliphatic heterocycles. The molecule has 1 aliphatic rings. The van der Waals surface area contributed by atoms with Gasteiger partial charge < -0.3 is 4.90 Å². The monoisotopic (exact) mass is 385 g/mol. The van der Waals surface area contributed by atoms with Gasteiger partial charge in [-0.1, -0.05) is 90.4 Å². The highest BCUT2D eigenvalue weighted by molar-refractivity contribution is 8.02. The van der Waals surface area contributed by atoms with Crippen LogP contribution in [0, 0.1) is 0 Å². The predicted molar refractivity (Wildman–Crippen MR) is 121 cm³/mol. The lowest BCUT2D eigenvalue weighted by Crippen LogP contribution is -2.27. The number of thioether (sulfide) groups is 2. The molecule has 25 heavy (non-hydrogen) atoms. The Labute approximate surface area is 167 Å². The number of unbranched alkanes of at least 4 members (excludes halogenated alkanes) is 13. The van der Waals surface area contributed by atoms with Crippen LogP contribution in [-0.2, 0) is 0 Å². The summed E-state index contributed by atoms with van der Waals surface area (Å²) in [6, 6.07) is 0.697. The second-order valence-electron chi connectivity index (χ2n) is 7.62. The molecule has 0 saturated carbocycles. The van der Waals surface area contributed by atoms with Crippen molar-refractivity contribution in [1.82, 2.24) is 4.90 Å². The Kier molecular flexibility index (Phi) is 16.4. The molecule has 0 saturated heterocycles. The molecule has 1 heterocycles. The zero-order valence-electron chi connectivity index (χ0n) is 17.0. The molecule has 1 nitrogen and oxygen atoms in total. The molecule has 148 valence electrons. The van der Waals surface area contributed by atoms with Gasteiger partial charge in [0.05, 0.1) is 5.88 Å². The topological polar surface area (TPSA) is 3.24 Å². The minimum absolute atomic E-state index is 0.697. The van der Waals surface area contributed by atoms with Gasteiger partial charge in [-0.05, 0) is 24.5 Å². The Morgan fingerprint density at radius 1 is 0.840 bits per heavy atom. The highest BCUT2D eigenvalue weighted by Gasteiger charge is 2.12. The molecule has 0 amide bonds. The fraction of sp³-hybridized carbons (Fsp3) is 0.909. The summed E-state index contributed by atoms with van der Waals surface area (Å²) in [6.07, 6.45) is 22.6. The number of hydrogen-bond acceptors (Lipinski definition) is 3. The zero-order chi connectivity index (χ0) is 18.0. The summed E-state index contributed by atoms with van der Waals surface area (Å²) in [5.74, 6) is 3.79. The molecule has 1 atom stereocenters. The average molecular weight is 386 g/mol. The van der Waals surface area contributed by atoms with Crippen LogP contribution in [0.2, 0.25) is 0 Å². The molecule has 0 N–H and O–H groups in total. The van der Waals surface area contributed by atoms with Crippen LogP contribution < -0.4 is 0 Å². The Morgan fingerprint density at radius 2 is 1.36 bits per heavy atom. The van der Waals surface area contributed by atoms with Gasteiger partial charge in [0.25, 0.3) is 0 Å². The smallest absolute Gasteiger partial charge is 0.0678 e. The Balaban J connectivity index is 1.70. The number of hydrogen-bond donors (Lipinski definition) is 0. The second kappa shape index (κ2) is 17.6. The first-order valence-corrected chi connectivity index (χ1v) is 13.2. The van der Waals surface area contributed by atoms with Crippen LogP contribution in [0.15, 0.2) is 11.6 Å². The Morgan fingerprint density at radius 3 is 1.84 bits per heavy atom. The molecule has 0 aromatic rings. The molecule has 1 rings (SSSR count). The van der Waals surface area contributed by atoms with Crippen molar-refractivity contribution in [3.8, 4) is 0 Å². The largest absolute Gasteiger partial charge is 0.364 e. The van der Waals surface area contributed by atoms with Gasteiger partial charge in [-0.2, -0.15) is 11.8 Å². The third-order valence-corrected chi connectivity index (χ3v) is 7.20. The zero-order valence-corrected chi connectivity index (χ0v) is 18.6. The SMILES string of the molecule is CCCCCCCCCCCCCCCCSCC(C)N1C=CSC1. The van der Waals surface area contributed by atoms with Gasteiger partial charge in [0.2, 0.25) is 0 Å². The average Bonchev–Trinajstić information content (AvgIpc) is 3.16. The molecule has 0 bridgehead atoms. The third-order valence-electron chi connectivity index (χ3n) is 5.14. The second-order valence-corrected chi connectivity index (χ2v) is 9.63. The van der Waals surface area contributed by atoms with E-state index < -0.39 is 0 Å². The van der Waals surface area contributed by atoms with E-state index in [9.17, 15) is 0 Å². The standard InChI is InChI=1S/C22H43NS2/c1-3-4-5-6-7-8-9-10-11-12-13-14-15-16-18-24-20-22(2)23-17-19-25-21-23/h17,19,22H,3-16,18,20-21H2,1-2H3. The van der Waals surface area contributed by atoms with Crippen molar-refractivity contribution < 1.29 is 0 Å². The quantitative estimate of drug-likeness (QED) is 0.220. The first kappa shape index (κ1) is 23.3. The van der Waals surface area contributed by atoms with Crippen LogP contribution in [0.4, 0.5) is 0 Å². The molecule has 0 radical (unpaired) electrons. The maximum absolute atomic E-state index is 2.46. The number of rotatable bonds is 18. The van der Waals surface area contributed by atoms with Gasteiger partial charge in [0.15, 0.2) is 0 Å². The Hall–Kier alpha value is 0.240. The molecule has 3 heteroatoms. The summed E-state index contributed by atoms with van der Waals surface area (Å²) in [5.41, 5.74) is 0. The summed E-state index contributed by atoms with van der Waals surface area (Å²) in [6.45, 7) is 4.65. The fourth-order valence-electron chi connectivity index (χ4n) is 3.32. The molecule has 0 aromatic heterocycles. The van der Waals surface area contributed by atoms with Gasteiger partial charge in [-0.15, -0.1) is 11.8 Å². The van der Waals surface area contributed by atoms with E-state index in [4.69, 9.17) is 0 Å². The van der Waals surface area contributed by atoms with Crippen LogP contribution >= 0.6 is 23.5 Å². The molecule has 1 unspecified atom stereocenters. The lowest BCUT2D eigenvalue weighted by molar-refractivity contribution is 0.373. The normalized spacial score (nSPS) is 15.2. The van der Waals surface area contributed by atoms with E-state index in [0.717, 1.165) is 5.88 Å². The van der Waals surface area contributed by atoms with Crippen LogP contribution in [-0.4, -0.2) is 28.3 Å². The van der Waals surface area contributed by atoms with Crippen molar-refractivity contribution in [2.24, 2.45) is 0 Å². The minimum Gasteiger partial charge on any atom is -0.364 e. The van der Waals surface area contributed by atoms with E-state index >= 15 is 0 Å². The van der Waals surface area contributed by atoms with Crippen molar-refractivity contribution in [2.45, 2.75) is 110 Å². The maximum Gasteiger partial charge on any atom is 0.0678 e. The van der Waals surface area contributed by atoms with Crippen molar-refractivity contribution in [3.05, 3.63) is 11.6 Å². The highest BCUT2D eigenvalue weighted by Crippen LogP contribution is 2.20. The molecule has 0 spiro atoms. The molecular formula is C22H43NS2. The van der Waals surface area contributed by atoms with E-state index in [-0.39, 0.29) is 0 Å². The van der Waals surface area contributed by atoms with Gasteiger partial charge in [-0.25, -0.2) is 0 Å². The molecular weight excluding hydrogens is 342 g/mol. The summed E-state index contributed by atoms with van der Waals surface area (Å²) in [5, 5.41) is 2.22. The molecule has 0 aliphatic carbocycles. The van der Waals surface area contributed by atoms with Gasteiger partial charge in [0, 0.05) is 18.0 Å². The first-order chi connectivity index (χ1) is 12.3. The fourth-order valence-corrected chi connectivity index (χ4v) is 5.26. The van der Waals surface area contributed by atoms with Crippen molar-refractivity contribution in [3.63, 3.8) is 0 Å². The number of nitrogens with zero attached hydrogens (tertiary/aromatic N) is 1. The Bertz CT molecular complexity index is 306. The van der Waals surface area contributed by atoms with E-state index in [1.165, 1.54) is 101 Å². The maximum atomic E-state index is 2.46. The van der Waals surface area contributed by atoms with E-state index in [0.29, 0.717) is 6.04 Å². The van der Waals surface area contributed by atoms with Crippen LogP contribution in [0.1, 0.15) is 104 Å². The lowest BCUT2D eigenvalue weighted by Gasteiger charge is -2.23. The minimum atomic E-state index is 0.697. The molecule has 0 fully saturated rings. The summed E-state index contributed by atoms with van der Waals surface area (Å²) < 4.78 is 0.